The highest BCUT2D eigenvalue weighted by molar-refractivity contribution is 4.88. The Bertz CT molecular complexity index is 395. The second kappa shape index (κ2) is 20.1. The van der Waals surface area contributed by atoms with E-state index in [1.807, 2.05) is 0 Å². The van der Waals surface area contributed by atoms with E-state index in [9.17, 15) is 0 Å². The second-order valence-corrected chi connectivity index (χ2v) is 11.2. The van der Waals surface area contributed by atoms with Crippen LogP contribution in [0.15, 0.2) is 0 Å². The first kappa shape index (κ1) is 29.1. The van der Waals surface area contributed by atoms with Gasteiger partial charge in [-0.1, -0.05) is 129 Å². The summed E-state index contributed by atoms with van der Waals surface area (Å²) in [5.74, 6) is 0. The van der Waals surface area contributed by atoms with Gasteiger partial charge in [-0.25, -0.2) is 0 Å². The lowest BCUT2D eigenvalue weighted by molar-refractivity contribution is -0.0647. The fraction of sp³-hybridized carbons (Fsp3) is 1.00. The van der Waals surface area contributed by atoms with Crippen molar-refractivity contribution in [3.63, 3.8) is 0 Å². The summed E-state index contributed by atoms with van der Waals surface area (Å²) < 4.78 is 0. The SMILES string of the molecule is CCCCCCCCCCCCN(CCCCCCCCCCCC)C1CN2CCN1CC2. The smallest absolute Gasteiger partial charge is 0.0754 e. The van der Waals surface area contributed by atoms with Crippen LogP contribution in [0.3, 0.4) is 0 Å². The molecule has 0 saturated carbocycles. The third-order valence-electron chi connectivity index (χ3n) is 8.27. The molecule has 3 rings (SSSR count). The largest absolute Gasteiger partial charge is 0.298 e. The van der Waals surface area contributed by atoms with Crippen LogP contribution < -0.4 is 0 Å². The number of piperazine rings is 3. The third-order valence-corrected chi connectivity index (χ3v) is 8.27. The van der Waals surface area contributed by atoms with E-state index in [-0.39, 0.29) is 0 Å². The van der Waals surface area contributed by atoms with Gasteiger partial charge < -0.3 is 0 Å². The van der Waals surface area contributed by atoms with Gasteiger partial charge in [-0.15, -0.1) is 0 Å². The number of hydrogen-bond donors (Lipinski definition) is 0. The maximum atomic E-state index is 2.89. The van der Waals surface area contributed by atoms with Crippen LogP contribution in [-0.4, -0.2) is 66.7 Å². The van der Waals surface area contributed by atoms with E-state index in [1.165, 1.54) is 174 Å². The molecule has 3 heterocycles. The molecule has 33 heavy (non-hydrogen) atoms. The molecule has 0 radical (unpaired) electrons. The van der Waals surface area contributed by atoms with Crippen molar-refractivity contribution in [2.75, 3.05) is 45.8 Å². The zero-order valence-electron chi connectivity index (χ0n) is 23.0. The Morgan fingerprint density at radius 2 is 0.848 bits per heavy atom. The third kappa shape index (κ3) is 13.5. The lowest BCUT2D eigenvalue weighted by Gasteiger charge is -2.51. The minimum absolute atomic E-state index is 0.713. The minimum atomic E-state index is 0.713. The van der Waals surface area contributed by atoms with Gasteiger partial charge in [0.25, 0.3) is 0 Å². The average molecular weight is 464 g/mol. The van der Waals surface area contributed by atoms with Gasteiger partial charge in [0.05, 0.1) is 6.17 Å². The molecule has 196 valence electrons. The quantitative estimate of drug-likeness (QED) is 0.142. The summed E-state index contributed by atoms with van der Waals surface area (Å²) in [5.41, 5.74) is 0. The topological polar surface area (TPSA) is 9.72 Å². The Morgan fingerprint density at radius 3 is 1.18 bits per heavy atom. The van der Waals surface area contributed by atoms with Crippen LogP contribution in [0.25, 0.3) is 0 Å². The predicted octanol–water partition coefficient (Wildman–Crippen LogP) is 8.09. The first-order valence-electron chi connectivity index (χ1n) is 15.6. The zero-order chi connectivity index (χ0) is 23.4. The van der Waals surface area contributed by atoms with Crippen molar-refractivity contribution in [2.45, 2.75) is 148 Å². The summed E-state index contributed by atoms with van der Waals surface area (Å²) in [6.45, 7) is 13.8. The molecule has 2 bridgehead atoms. The van der Waals surface area contributed by atoms with Crippen LogP contribution in [0.5, 0.6) is 0 Å². The van der Waals surface area contributed by atoms with Gasteiger partial charge in [-0.05, 0) is 25.9 Å². The Balaban J connectivity index is 1.55. The molecule has 3 aliphatic rings. The molecule has 3 heteroatoms. The van der Waals surface area contributed by atoms with E-state index in [4.69, 9.17) is 0 Å². The molecule has 0 amide bonds. The van der Waals surface area contributed by atoms with E-state index in [0.717, 1.165) is 0 Å². The number of unbranched alkanes of at least 4 members (excludes halogenated alkanes) is 18. The normalized spacial score (nSPS) is 22.5. The van der Waals surface area contributed by atoms with Crippen molar-refractivity contribution in [2.24, 2.45) is 0 Å². The minimum Gasteiger partial charge on any atom is -0.298 e. The van der Waals surface area contributed by atoms with Gasteiger partial charge in [-0.3, -0.25) is 14.7 Å². The fourth-order valence-electron chi connectivity index (χ4n) is 5.95. The van der Waals surface area contributed by atoms with Crippen molar-refractivity contribution >= 4 is 0 Å². The molecule has 3 nitrogen and oxygen atoms in total. The van der Waals surface area contributed by atoms with E-state index in [0.29, 0.717) is 6.17 Å². The van der Waals surface area contributed by atoms with Crippen molar-refractivity contribution in [3.05, 3.63) is 0 Å². The molecule has 0 aromatic rings. The lowest BCUT2D eigenvalue weighted by Crippen LogP contribution is -2.66. The molecular weight excluding hydrogens is 402 g/mol. The highest BCUT2D eigenvalue weighted by atomic mass is 15.4. The zero-order valence-corrected chi connectivity index (χ0v) is 23.0. The van der Waals surface area contributed by atoms with Crippen molar-refractivity contribution in [1.29, 1.82) is 0 Å². The predicted molar refractivity (Wildman–Crippen MR) is 147 cm³/mol. The Kier molecular flexibility index (Phi) is 17.7. The molecule has 3 fully saturated rings. The molecule has 0 spiro atoms. The van der Waals surface area contributed by atoms with Crippen molar-refractivity contribution in [1.82, 2.24) is 14.7 Å². The van der Waals surface area contributed by atoms with E-state index in [2.05, 4.69) is 28.5 Å². The van der Waals surface area contributed by atoms with Crippen molar-refractivity contribution < 1.29 is 0 Å². The van der Waals surface area contributed by atoms with Crippen LogP contribution in [0.4, 0.5) is 0 Å². The van der Waals surface area contributed by atoms with Crippen LogP contribution in [0.2, 0.25) is 0 Å². The lowest BCUT2D eigenvalue weighted by atomic mass is 10.1. The summed E-state index contributed by atoms with van der Waals surface area (Å²) in [7, 11) is 0. The Labute approximate surface area is 209 Å². The summed E-state index contributed by atoms with van der Waals surface area (Å²) >= 11 is 0. The Hall–Kier alpha value is -0.120. The van der Waals surface area contributed by atoms with Gasteiger partial charge in [-0.2, -0.15) is 0 Å². The molecule has 1 atom stereocenters. The molecule has 3 saturated heterocycles. The molecule has 1 unspecified atom stereocenters. The summed E-state index contributed by atoms with van der Waals surface area (Å²) in [6, 6.07) is 0. The van der Waals surface area contributed by atoms with Gasteiger partial charge in [0.2, 0.25) is 0 Å². The van der Waals surface area contributed by atoms with E-state index in [1.54, 1.807) is 0 Å². The molecule has 0 aromatic carbocycles. The molecule has 0 N–H and O–H groups in total. The summed E-state index contributed by atoms with van der Waals surface area (Å²) in [5, 5.41) is 0. The maximum Gasteiger partial charge on any atom is 0.0754 e. The molecule has 3 aliphatic heterocycles. The summed E-state index contributed by atoms with van der Waals surface area (Å²) in [6.07, 6.45) is 29.6. The standard InChI is InChI=1S/C30H61N3/c1-3-5-7-9-11-13-15-17-19-21-23-32(30-29-31-25-27-33(30)28-26-31)24-22-20-18-16-14-12-10-8-6-4-2/h30H,3-29H2,1-2H3. The molecular formula is C30H61N3. The number of rotatable bonds is 23. The molecule has 0 aromatic heterocycles. The van der Waals surface area contributed by atoms with Gasteiger partial charge >= 0.3 is 0 Å². The fourth-order valence-corrected chi connectivity index (χ4v) is 5.95. The van der Waals surface area contributed by atoms with Crippen LogP contribution in [-0.2, 0) is 0 Å². The number of hydrogen-bond acceptors (Lipinski definition) is 3. The summed E-state index contributed by atoms with van der Waals surface area (Å²) in [4.78, 5) is 8.40. The highest BCUT2D eigenvalue weighted by Crippen LogP contribution is 2.21. The highest BCUT2D eigenvalue weighted by Gasteiger charge is 2.34. The first-order chi connectivity index (χ1) is 16.3. The number of nitrogens with zero attached hydrogens (tertiary/aromatic N) is 3. The first-order valence-corrected chi connectivity index (χ1v) is 15.6. The van der Waals surface area contributed by atoms with Crippen LogP contribution in [0, 0.1) is 0 Å². The Morgan fingerprint density at radius 1 is 0.485 bits per heavy atom. The van der Waals surface area contributed by atoms with Crippen molar-refractivity contribution in [3.8, 4) is 0 Å². The molecule has 0 aliphatic carbocycles. The van der Waals surface area contributed by atoms with Crippen LogP contribution in [0.1, 0.15) is 142 Å². The van der Waals surface area contributed by atoms with Gasteiger partial charge in [0, 0.05) is 32.7 Å². The van der Waals surface area contributed by atoms with E-state index < -0.39 is 0 Å². The maximum absolute atomic E-state index is 2.89. The number of fused-ring (bicyclic) bond motifs is 3. The second-order valence-electron chi connectivity index (χ2n) is 11.2. The monoisotopic (exact) mass is 463 g/mol. The van der Waals surface area contributed by atoms with E-state index >= 15 is 0 Å². The van der Waals surface area contributed by atoms with Crippen LogP contribution >= 0.6 is 0 Å². The van der Waals surface area contributed by atoms with Gasteiger partial charge in [0.15, 0.2) is 0 Å². The average Bonchev–Trinajstić information content (AvgIpc) is 2.85. The van der Waals surface area contributed by atoms with Gasteiger partial charge in [0.1, 0.15) is 0 Å².